The summed E-state index contributed by atoms with van der Waals surface area (Å²) in [4.78, 5) is 17.7. The summed E-state index contributed by atoms with van der Waals surface area (Å²) >= 11 is 3.10. The van der Waals surface area contributed by atoms with Crippen molar-refractivity contribution in [2.24, 2.45) is 0 Å². The molecule has 3 aromatic rings. The van der Waals surface area contributed by atoms with Gasteiger partial charge >= 0.3 is 0 Å². The highest BCUT2D eigenvalue weighted by Crippen LogP contribution is 2.28. The summed E-state index contributed by atoms with van der Waals surface area (Å²) in [5.74, 6) is 0.471. The molecule has 0 fully saturated rings. The molecule has 3 rings (SSSR count). The van der Waals surface area contributed by atoms with Crippen molar-refractivity contribution in [3.8, 4) is 10.6 Å². The van der Waals surface area contributed by atoms with E-state index in [0.29, 0.717) is 17.5 Å². The Labute approximate surface area is 144 Å². The Hall–Kier alpha value is -1.98. The van der Waals surface area contributed by atoms with Crippen LogP contribution in [-0.2, 0) is 11.2 Å². The Bertz CT molecular complexity index is 774. The molecular weight excluding hydrogens is 324 g/mol. The van der Waals surface area contributed by atoms with Crippen LogP contribution in [0.2, 0.25) is 0 Å². The highest BCUT2D eigenvalue weighted by Gasteiger charge is 2.09. The van der Waals surface area contributed by atoms with Crippen molar-refractivity contribution in [2.75, 3.05) is 5.32 Å². The summed E-state index contributed by atoms with van der Waals surface area (Å²) in [6.45, 7) is 4.32. The molecular formula is C18H18N2OS2. The van der Waals surface area contributed by atoms with E-state index in [1.807, 2.05) is 35.0 Å². The van der Waals surface area contributed by atoms with Crippen LogP contribution in [0.4, 0.5) is 5.13 Å². The zero-order valence-corrected chi connectivity index (χ0v) is 14.7. The number of anilines is 1. The SMILES string of the molecule is CC(C)c1ccc(CC(=O)Nc2nc(-c3cccs3)cs2)cc1. The van der Waals surface area contributed by atoms with Gasteiger partial charge in [0.1, 0.15) is 0 Å². The van der Waals surface area contributed by atoms with Gasteiger partial charge in [-0.3, -0.25) is 4.79 Å². The Morgan fingerprint density at radius 2 is 1.96 bits per heavy atom. The minimum Gasteiger partial charge on any atom is -0.302 e. The summed E-state index contributed by atoms with van der Waals surface area (Å²) < 4.78 is 0. The lowest BCUT2D eigenvalue weighted by atomic mass is 10.0. The molecule has 0 unspecified atom stereocenters. The third-order valence-electron chi connectivity index (χ3n) is 3.54. The van der Waals surface area contributed by atoms with Gasteiger partial charge in [0.2, 0.25) is 5.91 Å². The number of hydrogen-bond acceptors (Lipinski definition) is 4. The fourth-order valence-electron chi connectivity index (χ4n) is 2.24. The number of thiophene rings is 1. The first-order valence-electron chi connectivity index (χ1n) is 7.50. The summed E-state index contributed by atoms with van der Waals surface area (Å²) in [5, 5.41) is 7.53. The molecule has 118 valence electrons. The van der Waals surface area contributed by atoms with Gasteiger partial charge in [-0.05, 0) is 28.5 Å². The number of nitrogens with one attached hydrogen (secondary N) is 1. The van der Waals surface area contributed by atoms with E-state index in [1.54, 1.807) is 11.3 Å². The number of benzene rings is 1. The molecule has 0 saturated carbocycles. The lowest BCUT2D eigenvalue weighted by Gasteiger charge is -2.06. The fraction of sp³-hybridized carbons (Fsp3) is 0.222. The average Bonchev–Trinajstić information content (AvgIpc) is 3.18. The number of nitrogens with zero attached hydrogens (tertiary/aromatic N) is 1. The van der Waals surface area contributed by atoms with E-state index in [-0.39, 0.29) is 5.91 Å². The van der Waals surface area contributed by atoms with Crippen molar-refractivity contribution in [1.29, 1.82) is 0 Å². The smallest absolute Gasteiger partial charge is 0.230 e. The third-order valence-corrected chi connectivity index (χ3v) is 5.19. The van der Waals surface area contributed by atoms with Crippen LogP contribution >= 0.6 is 22.7 Å². The molecule has 5 heteroatoms. The highest BCUT2D eigenvalue weighted by molar-refractivity contribution is 7.16. The first kappa shape index (κ1) is 15.9. The zero-order valence-electron chi connectivity index (χ0n) is 13.1. The lowest BCUT2D eigenvalue weighted by molar-refractivity contribution is -0.115. The van der Waals surface area contributed by atoms with Gasteiger partial charge < -0.3 is 5.32 Å². The van der Waals surface area contributed by atoms with Crippen LogP contribution in [0.15, 0.2) is 47.2 Å². The van der Waals surface area contributed by atoms with E-state index in [2.05, 4.69) is 36.3 Å². The highest BCUT2D eigenvalue weighted by atomic mass is 32.1. The van der Waals surface area contributed by atoms with Gasteiger partial charge in [-0.25, -0.2) is 4.98 Å². The molecule has 2 heterocycles. The third kappa shape index (κ3) is 4.06. The predicted octanol–water partition coefficient (Wildman–Crippen LogP) is 5.18. The van der Waals surface area contributed by atoms with Gasteiger partial charge in [-0.1, -0.05) is 44.2 Å². The molecule has 23 heavy (non-hydrogen) atoms. The van der Waals surface area contributed by atoms with Crippen LogP contribution in [0.5, 0.6) is 0 Å². The van der Waals surface area contributed by atoms with E-state index >= 15 is 0 Å². The van der Waals surface area contributed by atoms with E-state index in [4.69, 9.17) is 0 Å². The van der Waals surface area contributed by atoms with Crippen LogP contribution in [0, 0.1) is 0 Å². The van der Waals surface area contributed by atoms with Gasteiger partial charge in [0.05, 0.1) is 17.0 Å². The minimum atomic E-state index is -0.0330. The number of carbonyl (C=O) groups is 1. The molecule has 0 spiro atoms. The van der Waals surface area contributed by atoms with Crippen molar-refractivity contribution in [1.82, 2.24) is 4.98 Å². The number of rotatable bonds is 5. The van der Waals surface area contributed by atoms with Gasteiger partial charge in [-0.15, -0.1) is 22.7 Å². The van der Waals surface area contributed by atoms with E-state index in [9.17, 15) is 4.79 Å². The van der Waals surface area contributed by atoms with E-state index < -0.39 is 0 Å². The molecule has 1 N–H and O–H groups in total. The molecule has 0 bridgehead atoms. The normalized spacial score (nSPS) is 10.9. The molecule has 1 amide bonds. The molecule has 0 aliphatic rings. The van der Waals surface area contributed by atoms with Crippen molar-refractivity contribution < 1.29 is 4.79 Å². The van der Waals surface area contributed by atoms with Crippen molar-refractivity contribution in [3.63, 3.8) is 0 Å². The molecule has 0 saturated heterocycles. The van der Waals surface area contributed by atoms with Gasteiger partial charge in [0.25, 0.3) is 0 Å². The first-order chi connectivity index (χ1) is 11.1. The monoisotopic (exact) mass is 342 g/mol. The van der Waals surface area contributed by atoms with Crippen LogP contribution in [-0.4, -0.2) is 10.9 Å². The van der Waals surface area contributed by atoms with Gasteiger partial charge in [-0.2, -0.15) is 0 Å². The van der Waals surface area contributed by atoms with Crippen LogP contribution in [0.25, 0.3) is 10.6 Å². The lowest BCUT2D eigenvalue weighted by Crippen LogP contribution is -2.14. The summed E-state index contributed by atoms with van der Waals surface area (Å²) in [5.41, 5.74) is 3.22. The Kier molecular flexibility index (Phi) is 4.88. The second kappa shape index (κ2) is 7.06. The molecule has 0 radical (unpaired) electrons. The van der Waals surface area contributed by atoms with Crippen LogP contribution in [0.1, 0.15) is 30.9 Å². The minimum absolute atomic E-state index is 0.0330. The van der Waals surface area contributed by atoms with E-state index in [0.717, 1.165) is 16.1 Å². The molecule has 3 nitrogen and oxygen atoms in total. The number of thiazole rings is 1. The largest absolute Gasteiger partial charge is 0.302 e. The summed E-state index contributed by atoms with van der Waals surface area (Å²) in [6.07, 6.45) is 0.367. The zero-order chi connectivity index (χ0) is 16.2. The molecule has 0 aliphatic carbocycles. The Morgan fingerprint density at radius 1 is 1.17 bits per heavy atom. The standard InChI is InChI=1S/C18H18N2OS2/c1-12(2)14-7-5-13(6-8-14)10-17(21)20-18-19-15(11-23-18)16-4-3-9-22-16/h3-9,11-12H,10H2,1-2H3,(H,19,20,21). The maximum Gasteiger partial charge on any atom is 0.230 e. The van der Waals surface area contributed by atoms with Crippen molar-refractivity contribution >= 4 is 33.7 Å². The fourth-order valence-corrected chi connectivity index (χ4v) is 3.73. The van der Waals surface area contributed by atoms with E-state index in [1.165, 1.54) is 16.9 Å². The average molecular weight is 342 g/mol. The van der Waals surface area contributed by atoms with Gasteiger partial charge in [0.15, 0.2) is 5.13 Å². The second-order valence-electron chi connectivity index (χ2n) is 5.64. The molecule has 2 aromatic heterocycles. The maximum absolute atomic E-state index is 12.2. The summed E-state index contributed by atoms with van der Waals surface area (Å²) in [6, 6.07) is 12.2. The number of aromatic nitrogens is 1. The van der Waals surface area contributed by atoms with Crippen molar-refractivity contribution in [2.45, 2.75) is 26.2 Å². The van der Waals surface area contributed by atoms with Crippen molar-refractivity contribution in [3.05, 3.63) is 58.3 Å². The maximum atomic E-state index is 12.2. The summed E-state index contributed by atoms with van der Waals surface area (Å²) in [7, 11) is 0. The molecule has 0 aliphatic heterocycles. The quantitative estimate of drug-likeness (QED) is 0.694. The number of hydrogen-bond donors (Lipinski definition) is 1. The van der Waals surface area contributed by atoms with Crippen LogP contribution < -0.4 is 5.32 Å². The number of carbonyl (C=O) groups excluding carboxylic acids is 1. The second-order valence-corrected chi connectivity index (χ2v) is 7.44. The van der Waals surface area contributed by atoms with Gasteiger partial charge in [0, 0.05) is 5.38 Å². The first-order valence-corrected chi connectivity index (χ1v) is 9.26. The van der Waals surface area contributed by atoms with Crippen LogP contribution in [0.3, 0.4) is 0 Å². The Balaban J connectivity index is 1.61. The predicted molar refractivity (Wildman–Crippen MR) is 98.3 cm³/mol. The number of amides is 1. The molecule has 0 atom stereocenters. The molecule has 1 aromatic carbocycles. The topological polar surface area (TPSA) is 42.0 Å². The Morgan fingerprint density at radius 3 is 2.61 bits per heavy atom.